The highest BCUT2D eigenvalue weighted by Crippen LogP contribution is 2.52. The molecular formula is C17H17NO4. The lowest BCUT2D eigenvalue weighted by Crippen LogP contribution is -2.39. The number of rotatable bonds is 2. The number of hydrogen-bond donors (Lipinski definition) is 0. The minimum absolute atomic E-state index is 0.0638. The lowest BCUT2D eigenvalue weighted by Gasteiger charge is -2.22. The molecule has 0 aromatic heterocycles. The number of hydrogen-bond acceptors (Lipinski definition) is 4. The minimum atomic E-state index is -0.689. The number of fused-ring (bicyclic) bond motifs is 1. The topological polar surface area (TPSA) is 55.8 Å². The smallest absolute Gasteiger partial charge is 0.312 e. The van der Waals surface area contributed by atoms with Gasteiger partial charge in [0.15, 0.2) is 0 Å². The summed E-state index contributed by atoms with van der Waals surface area (Å²) in [5.74, 6) is -1.47. The van der Waals surface area contributed by atoms with E-state index in [-0.39, 0.29) is 18.0 Å². The molecule has 0 aliphatic carbocycles. The van der Waals surface area contributed by atoms with Gasteiger partial charge >= 0.3 is 5.97 Å². The van der Waals surface area contributed by atoms with E-state index < -0.39 is 17.4 Å². The maximum atomic E-state index is 12.9. The summed E-state index contributed by atoms with van der Waals surface area (Å²) in [4.78, 5) is 26.7. The van der Waals surface area contributed by atoms with Gasteiger partial charge in [-0.25, -0.2) is 0 Å². The number of carbonyl (C=O) groups excluding carboxylic acids is 2. The first-order chi connectivity index (χ1) is 10.6. The zero-order valence-electron chi connectivity index (χ0n) is 12.5. The van der Waals surface area contributed by atoms with Crippen LogP contribution in [0, 0.1) is 18.8 Å². The van der Waals surface area contributed by atoms with E-state index in [9.17, 15) is 9.59 Å². The zero-order valence-corrected chi connectivity index (χ0v) is 12.5. The summed E-state index contributed by atoms with van der Waals surface area (Å²) in [5, 5.41) is 0. The molecule has 114 valence electrons. The summed E-state index contributed by atoms with van der Waals surface area (Å²) in [5.41, 5.74) is 1.28. The Morgan fingerprint density at radius 1 is 1.36 bits per heavy atom. The third kappa shape index (κ3) is 1.63. The van der Waals surface area contributed by atoms with Gasteiger partial charge in [-0.3, -0.25) is 9.59 Å². The van der Waals surface area contributed by atoms with Gasteiger partial charge in [0, 0.05) is 5.69 Å². The summed E-state index contributed by atoms with van der Waals surface area (Å²) in [7, 11) is 1.35. The molecule has 3 aliphatic heterocycles. The normalized spacial score (nSPS) is 35.1. The average Bonchev–Trinajstić information content (AvgIpc) is 3.16. The van der Waals surface area contributed by atoms with Crippen LogP contribution in [0.4, 0.5) is 5.69 Å². The summed E-state index contributed by atoms with van der Waals surface area (Å²) in [6.07, 6.45) is 3.47. The van der Waals surface area contributed by atoms with E-state index in [1.165, 1.54) is 7.11 Å². The number of benzene rings is 1. The predicted octanol–water partition coefficient (Wildman–Crippen LogP) is 1.45. The van der Waals surface area contributed by atoms with Gasteiger partial charge in [-0.1, -0.05) is 29.8 Å². The molecule has 22 heavy (non-hydrogen) atoms. The van der Waals surface area contributed by atoms with E-state index in [2.05, 4.69) is 0 Å². The Kier molecular flexibility index (Phi) is 2.72. The first-order valence-electron chi connectivity index (χ1n) is 7.39. The van der Waals surface area contributed by atoms with Crippen molar-refractivity contribution in [2.24, 2.45) is 11.8 Å². The van der Waals surface area contributed by atoms with Crippen molar-refractivity contribution in [3.8, 4) is 0 Å². The molecule has 1 amide bonds. The van der Waals surface area contributed by atoms with E-state index in [4.69, 9.17) is 9.47 Å². The monoisotopic (exact) mass is 299 g/mol. The Hall–Kier alpha value is -2.14. The molecule has 2 saturated heterocycles. The van der Waals surface area contributed by atoms with Crippen molar-refractivity contribution < 1.29 is 19.1 Å². The SMILES string of the molecule is COC(=O)[C@H]1[C@H]2C=C[C@@]3(CN(c4ccc(C)cc4)C(=O)[C@@H]13)O2. The molecule has 0 N–H and O–H groups in total. The van der Waals surface area contributed by atoms with Gasteiger partial charge in [0.25, 0.3) is 0 Å². The summed E-state index contributed by atoms with van der Waals surface area (Å²) in [6, 6.07) is 7.79. The van der Waals surface area contributed by atoms with Gasteiger partial charge < -0.3 is 14.4 Å². The number of aryl methyl sites for hydroxylation is 1. The highest BCUT2D eigenvalue weighted by molar-refractivity contribution is 6.02. The van der Waals surface area contributed by atoms with Crippen LogP contribution in [0.25, 0.3) is 0 Å². The zero-order chi connectivity index (χ0) is 15.5. The van der Waals surface area contributed by atoms with Crippen molar-refractivity contribution in [3.63, 3.8) is 0 Å². The van der Waals surface area contributed by atoms with E-state index in [1.54, 1.807) is 4.90 Å². The molecule has 5 heteroatoms. The fourth-order valence-electron chi connectivity index (χ4n) is 3.85. The Bertz CT molecular complexity index is 680. The quantitative estimate of drug-likeness (QED) is 0.613. The number of anilines is 1. The van der Waals surface area contributed by atoms with Crippen LogP contribution in [0.1, 0.15) is 5.56 Å². The number of esters is 1. The van der Waals surface area contributed by atoms with Crippen molar-refractivity contribution >= 4 is 17.6 Å². The first-order valence-corrected chi connectivity index (χ1v) is 7.39. The van der Waals surface area contributed by atoms with Gasteiger partial charge in [-0.15, -0.1) is 0 Å². The Morgan fingerprint density at radius 3 is 2.77 bits per heavy atom. The molecule has 4 atom stereocenters. The minimum Gasteiger partial charge on any atom is -0.469 e. The van der Waals surface area contributed by atoms with Crippen LogP contribution in [0.3, 0.4) is 0 Å². The highest BCUT2D eigenvalue weighted by atomic mass is 16.5. The van der Waals surface area contributed by atoms with Gasteiger partial charge in [-0.05, 0) is 19.1 Å². The lowest BCUT2D eigenvalue weighted by molar-refractivity contribution is -0.149. The lowest BCUT2D eigenvalue weighted by atomic mass is 9.77. The summed E-state index contributed by atoms with van der Waals surface area (Å²) < 4.78 is 10.9. The molecule has 0 saturated carbocycles. The molecule has 0 unspecified atom stereocenters. The Balaban J connectivity index is 1.71. The van der Waals surface area contributed by atoms with Crippen molar-refractivity contribution in [1.82, 2.24) is 0 Å². The maximum absolute atomic E-state index is 12.9. The van der Waals surface area contributed by atoms with Crippen LogP contribution in [0.15, 0.2) is 36.4 Å². The number of carbonyl (C=O) groups is 2. The molecule has 0 radical (unpaired) electrons. The summed E-state index contributed by atoms with van der Waals surface area (Å²) >= 11 is 0. The predicted molar refractivity (Wildman–Crippen MR) is 79.3 cm³/mol. The van der Waals surface area contributed by atoms with E-state index >= 15 is 0 Å². The van der Waals surface area contributed by atoms with Gasteiger partial charge in [0.2, 0.25) is 5.91 Å². The molecule has 1 aromatic rings. The number of amides is 1. The molecule has 3 aliphatic rings. The molecule has 4 rings (SSSR count). The third-order valence-corrected chi connectivity index (χ3v) is 4.92. The molecule has 5 nitrogen and oxygen atoms in total. The van der Waals surface area contributed by atoms with E-state index in [0.717, 1.165) is 11.3 Å². The molecule has 1 spiro atoms. The van der Waals surface area contributed by atoms with Gasteiger partial charge in [0.1, 0.15) is 11.5 Å². The molecule has 2 bridgehead atoms. The molecule has 2 fully saturated rings. The van der Waals surface area contributed by atoms with Crippen LogP contribution in [0.5, 0.6) is 0 Å². The Morgan fingerprint density at radius 2 is 2.09 bits per heavy atom. The van der Waals surface area contributed by atoms with Crippen LogP contribution in [0.2, 0.25) is 0 Å². The van der Waals surface area contributed by atoms with E-state index in [0.29, 0.717) is 6.54 Å². The van der Waals surface area contributed by atoms with Crippen molar-refractivity contribution in [2.45, 2.75) is 18.6 Å². The number of nitrogens with zero attached hydrogens (tertiary/aromatic N) is 1. The first kappa shape index (κ1) is 13.5. The molecule has 3 heterocycles. The van der Waals surface area contributed by atoms with Crippen LogP contribution in [-0.4, -0.2) is 37.2 Å². The maximum Gasteiger partial charge on any atom is 0.312 e. The Labute approximate surface area is 128 Å². The largest absolute Gasteiger partial charge is 0.469 e. The van der Waals surface area contributed by atoms with Crippen LogP contribution >= 0.6 is 0 Å². The van der Waals surface area contributed by atoms with E-state index in [1.807, 2.05) is 43.3 Å². The second-order valence-corrected chi connectivity index (χ2v) is 6.18. The second kappa shape index (κ2) is 4.43. The summed E-state index contributed by atoms with van der Waals surface area (Å²) in [6.45, 7) is 2.45. The fourth-order valence-corrected chi connectivity index (χ4v) is 3.85. The third-order valence-electron chi connectivity index (χ3n) is 4.92. The highest BCUT2D eigenvalue weighted by Gasteiger charge is 2.67. The second-order valence-electron chi connectivity index (χ2n) is 6.18. The van der Waals surface area contributed by atoms with Crippen LogP contribution in [-0.2, 0) is 19.1 Å². The van der Waals surface area contributed by atoms with Gasteiger partial charge in [-0.2, -0.15) is 0 Å². The number of ether oxygens (including phenoxy) is 2. The van der Waals surface area contributed by atoms with Gasteiger partial charge in [0.05, 0.1) is 25.7 Å². The van der Waals surface area contributed by atoms with Crippen molar-refractivity contribution in [3.05, 3.63) is 42.0 Å². The average molecular weight is 299 g/mol. The van der Waals surface area contributed by atoms with Crippen LogP contribution < -0.4 is 4.90 Å². The molecule has 1 aromatic carbocycles. The standard InChI is InChI=1S/C17H17NO4/c1-10-3-5-11(6-4-10)18-9-17-8-7-12(22-17)13(16(20)21-2)14(17)15(18)19/h3-8,12-14H,9H2,1-2H3/t12-,13+,14-,17+/m1/s1. The molecular weight excluding hydrogens is 282 g/mol. The van der Waals surface area contributed by atoms with Crippen molar-refractivity contribution in [1.29, 1.82) is 0 Å². The fraction of sp³-hybridized carbons (Fsp3) is 0.412. The van der Waals surface area contributed by atoms with Crippen molar-refractivity contribution in [2.75, 3.05) is 18.6 Å². The number of methoxy groups -OCH3 is 1.